The molecule has 3 aromatic rings. The number of hydrogen-bond donors (Lipinski definition) is 1. The summed E-state index contributed by atoms with van der Waals surface area (Å²) in [5.41, 5.74) is 1.82. The van der Waals surface area contributed by atoms with Crippen LogP contribution in [0.15, 0.2) is 77.7 Å². The number of para-hydroxylation sites is 1. The van der Waals surface area contributed by atoms with Crippen LogP contribution in [0.25, 0.3) is 0 Å². The average Bonchev–Trinajstić information content (AvgIpc) is 2.78. The third-order valence-corrected chi connectivity index (χ3v) is 7.04. The summed E-state index contributed by atoms with van der Waals surface area (Å²) in [6.45, 7) is 3.18. The smallest absolute Gasteiger partial charge is 0.264 e. The van der Waals surface area contributed by atoms with E-state index in [1.54, 1.807) is 56.5 Å². The Bertz CT molecular complexity index is 1200. The third-order valence-electron chi connectivity index (χ3n) is 5.03. The van der Waals surface area contributed by atoms with E-state index in [-0.39, 0.29) is 17.5 Å². The molecule has 0 fully saturated rings. The van der Waals surface area contributed by atoms with Crippen molar-refractivity contribution >= 4 is 33.2 Å². The summed E-state index contributed by atoms with van der Waals surface area (Å²) >= 11 is 6.06. The predicted octanol–water partition coefficient (Wildman–Crippen LogP) is 4.73. The first kappa shape index (κ1) is 23.6. The number of carbonyl (C=O) groups is 1. The predicted molar refractivity (Wildman–Crippen MR) is 127 cm³/mol. The second kappa shape index (κ2) is 10.1. The molecule has 0 aromatic heterocycles. The molecule has 0 radical (unpaired) electrons. The van der Waals surface area contributed by atoms with Gasteiger partial charge in [0.2, 0.25) is 5.91 Å². The molecule has 0 unspecified atom stereocenters. The van der Waals surface area contributed by atoms with Gasteiger partial charge in [-0.3, -0.25) is 9.10 Å². The van der Waals surface area contributed by atoms with Crippen LogP contribution in [0.4, 0.5) is 5.69 Å². The number of rotatable bonds is 8. The van der Waals surface area contributed by atoms with Crippen molar-refractivity contribution in [3.05, 3.63) is 88.9 Å². The van der Waals surface area contributed by atoms with Gasteiger partial charge in [0.25, 0.3) is 10.0 Å². The second-order valence-electron chi connectivity index (χ2n) is 7.29. The molecule has 168 valence electrons. The maximum Gasteiger partial charge on any atom is 0.264 e. The number of amides is 1. The highest BCUT2D eigenvalue weighted by atomic mass is 35.5. The summed E-state index contributed by atoms with van der Waals surface area (Å²) in [6.07, 6.45) is 0. The SMILES string of the molecule is COc1ccccc1[C@H](C)NC(=O)CN(c1ccc(Cl)cc1C)S(=O)(=O)c1ccccc1. The zero-order valence-corrected chi connectivity index (χ0v) is 19.7. The maximum atomic E-state index is 13.5. The van der Waals surface area contributed by atoms with E-state index in [4.69, 9.17) is 16.3 Å². The Balaban J connectivity index is 1.93. The number of methoxy groups -OCH3 is 1. The van der Waals surface area contributed by atoms with Gasteiger partial charge in [0.1, 0.15) is 12.3 Å². The number of nitrogens with one attached hydrogen (secondary N) is 1. The van der Waals surface area contributed by atoms with Gasteiger partial charge in [-0.2, -0.15) is 0 Å². The molecule has 3 aromatic carbocycles. The Kier molecular flexibility index (Phi) is 7.43. The van der Waals surface area contributed by atoms with Crippen LogP contribution in [0.2, 0.25) is 5.02 Å². The molecular formula is C24H25ClN2O4S. The minimum absolute atomic E-state index is 0.0972. The zero-order chi connectivity index (χ0) is 23.3. The first-order valence-corrected chi connectivity index (χ1v) is 11.8. The lowest BCUT2D eigenvalue weighted by atomic mass is 10.1. The van der Waals surface area contributed by atoms with E-state index in [0.29, 0.717) is 22.0 Å². The van der Waals surface area contributed by atoms with Gasteiger partial charge in [-0.1, -0.05) is 48.0 Å². The molecule has 0 aliphatic heterocycles. The van der Waals surface area contributed by atoms with Gasteiger partial charge in [0.05, 0.1) is 23.7 Å². The average molecular weight is 473 g/mol. The van der Waals surface area contributed by atoms with Gasteiger partial charge in [-0.05, 0) is 55.8 Å². The summed E-state index contributed by atoms with van der Waals surface area (Å²) in [5, 5.41) is 3.36. The van der Waals surface area contributed by atoms with Crippen molar-refractivity contribution in [1.82, 2.24) is 5.32 Å². The van der Waals surface area contributed by atoms with E-state index in [9.17, 15) is 13.2 Å². The lowest BCUT2D eigenvalue weighted by molar-refractivity contribution is -0.120. The number of sulfonamides is 1. The number of ether oxygens (including phenoxy) is 1. The van der Waals surface area contributed by atoms with Crippen molar-refractivity contribution in [2.75, 3.05) is 18.0 Å². The third kappa shape index (κ3) is 5.23. The molecule has 32 heavy (non-hydrogen) atoms. The molecule has 0 spiro atoms. The highest BCUT2D eigenvalue weighted by molar-refractivity contribution is 7.92. The van der Waals surface area contributed by atoms with E-state index in [2.05, 4.69) is 5.32 Å². The molecule has 0 heterocycles. The van der Waals surface area contributed by atoms with Crippen LogP contribution in [0.3, 0.4) is 0 Å². The number of carbonyl (C=O) groups excluding carboxylic acids is 1. The van der Waals surface area contributed by atoms with Crippen LogP contribution in [-0.2, 0) is 14.8 Å². The molecule has 1 atom stereocenters. The van der Waals surface area contributed by atoms with E-state index < -0.39 is 15.9 Å². The van der Waals surface area contributed by atoms with Crippen LogP contribution in [0, 0.1) is 6.92 Å². The minimum Gasteiger partial charge on any atom is -0.496 e. The van der Waals surface area contributed by atoms with Crippen LogP contribution in [-0.4, -0.2) is 28.0 Å². The Morgan fingerprint density at radius 1 is 1.06 bits per heavy atom. The Labute approximate surface area is 193 Å². The fourth-order valence-electron chi connectivity index (χ4n) is 3.44. The Morgan fingerprint density at radius 3 is 2.38 bits per heavy atom. The van der Waals surface area contributed by atoms with Crippen molar-refractivity contribution in [3.8, 4) is 5.75 Å². The molecular weight excluding hydrogens is 448 g/mol. The first-order chi connectivity index (χ1) is 15.2. The van der Waals surface area contributed by atoms with E-state index >= 15 is 0 Å². The quantitative estimate of drug-likeness (QED) is 0.514. The first-order valence-electron chi connectivity index (χ1n) is 10.00. The second-order valence-corrected chi connectivity index (χ2v) is 9.59. The van der Waals surface area contributed by atoms with Crippen molar-refractivity contribution in [2.24, 2.45) is 0 Å². The molecule has 0 aliphatic rings. The largest absolute Gasteiger partial charge is 0.496 e. The molecule has 1 amide bonds. The number of aryl methyl sites for hydroxylation is 1. The zero-order valence-electron chi connectivity index (χ0n) is 18.1. The molecule has 3 rings (SSSR count). The molecule has 8 heteroatoms. The van der Waals surface area contributed by atoms with E-state index in [0.717, 1.165) is 9.87 Å². The number of anilines is 1. The van der Waals surface area contributed by atoms with Crippen molar-refractivity contribution in [1.29, 1.82) is 0 Å². The topological polar surface area (TPSA) is 75.7 Å². The summed E-state index contributed by atoms with van der Waals surface area (Å²) in [7, 11) is -2.43. The molecule has 1 N–H and O–H groups in total. The molecule has 0 aliphatic carbocycles. The number of nitrogens with zero attached hydrogens (tertiary/aromatic N) is 1. The van der Waals surface area contributed by atoms with Crippen LogP contribution >= 0.6 is 11.6 Å². The fourth-order valence-corrected chi connectivity index (χ4v) is 5.17. The van der Waals surface area contributed by atoms with Crippen LogP contribution in [0.5, 0.6) is 5.75 Å². The molecule has 0 saturated heterocycles. The van der Waals surface area contributed by atoms with Crippen molar-refractivity contribution in [3.63, 3.8) is 0 Å². The van der Waals surface area contributed by atoms with Gasteiger partial charge in [0.15, 0.2) is 0 Å². The lowest BCUT2D eigenvalue weighted by Gasteiger charge is -2.26. The van der Waals surface area contributed by atoms with Crippen LogP contribution < -0.4 is 14.4 Å². The summed E-state index contributed by atoms with van der Waals surface area (Å²) in [4.78, 5) is 13.1. The highest BCUT2D eigenvalue weighted by Crippen LogP contribution is 2.29. The highest BCUT2D eigenvalue weighted by Gasteiger charge is 2.29. The standard InChI is InChI=1S/C24H25ClN2O4S/c1-17-15-19(25)13-14-22(17)27(32(29,30)20-9-5-4-6-10-20)16-24(28)26-18(2)21-11-7-8-12-23(21)31-3/h4-15,18H,16H2,1-3H3,(H,26,28)/t18-/m0/s1. The minimum atomic E-state index is -3.99. The van der Waals surface area contributed by atoms with Gasteiger partial charge in [0, 0.05) is 10.6 Å². The lowest BCUT2D eigenvalue weighted by Crippen LogP contribution is -2.42. The van der Waals surface area contributed by atoms with E-state index in [1.807, 2.05) is 25.1 Å². The molecule has 6 nitrogen and oxygen atoms in total. The van der Waals surface area contributed by atoms with Gasteiger partial charge < -0.3 is 10.1 Å². The van der Waals surface area contributed by atoms with Crippen molar-refractivity contribution < 1.29 is 17.9 Å². The Hall–Kier alpha value is -3.03. The molecule has 0 bridgehead atoms. The Morgan fingerprint density at radius 2 is 1.72 bits per heavy atom. The van der Waals surface area contributed by atoms with Gasteiger partial charge in [-0.25, -0.2) is 8.42 Å². The monoisotopic (exact) mass is 472 g/mol. The number of halogens is 1. The summed E-state index contributed by atoms with van der Waals surface area (Å²) < 4.78 is 33.4. The number of benzene rings is 3. The maximum absolute atomic E-state index is 13.5. The normalized spacial score (nSPS) is 12.1. The number of hydrogen-bond acceptors (Lipinski definition) is 4. The van der Waals surface area contributed by atoms with E-state index in [1.165, 1.54) is 12.1 Å². The fraction of sp³-hybridized carbons (Fsp3) is 0.208. The van der Waals surface area contributed by atoms with Crippen LogP contribution in [0.1, 0.15) is 24.1 Å². The summed E-state index contributed by atoms with van der Waals surface area (Å²) in [6, 6.07) is 19.9. The molecule has 0 saturated carbocycles. The summed E-state index contributed by atoms with van der Waals surface area (Å²) in [5.74, 6) is 0.194. The van der Waals surface area contributed by atoms with Gasteiger partial charge >= 0.3 is 0 Å². The van der Waals surface area contributed by atoms with Crippen molar-refractivity contribution in [2.45, 2.75) is 24.8 Å². The van der Waals surface area contributed by atoms with Gasteiger partial charge in [-0.15, -0.1) is 0 Å².